The topological polar surface area (TPSA) is 915 Å². The van der Waals surface area contributed by atoms with Gasteiger partial charge in [0, 0.05) is 104 Å². The van der Waals surface area contributed by atoms with E-state index in [4.69, 9.17) is 42.2 Å². The molecule has 27 N–H and O–H groups in total. The van der Waals surface area contributed by atoms with Crippen LogP contribution in [0.1, 0.15) is 25.7 Å². The van der Waals surface area contributed by atoms with Gasteiger partial charge in [0.1, 0.15) is 124 Å². The number of nitrogens with one attached hydrogen (secondary N) is 5. The van der Waals surface area contributed by atoms with E-state index in [1.54, 1.807) is 0 Å². The van der Waals surface area contributed by atoms with Crippen LogP contribution >= 0.6 is 45.3 Å². The van der Waals surface area contributed by atoms with Crippen LogP contribution in [0.5, 0.6) is 34.5 Å². The summed E-state index contributed by atoms with van der Waals surface area (Å²) >= 11 is 3.17. The van der Waals surface area contributed by atoms with E-state index in [-0.39, 0.29) is 149 Å². The number of nitrogen functional groups attached to an aromatic ring is 1. The minimum absolute atomic E-state index is 0. The average molecular weight is 2010 g/mol. The number of allylic oxidation sites excluding steroid dienone is 6. The van der Waals surface area contributed by atoms with Crippen LogP contribution in [0.4, 0.5) is 82.0 Å². The first-order chi connectivity index (χ1) is 64.2. The molecule has 63 heteroatoms. The molecule has 1 radical (unpaired) electrons. The van der Waals surface area contributed by atoms with Gasteiger partial charge in [-0.3, -0.25) is 76.5 Å². The number of aliphatic hydroxyl groups excluding tert-OH is 2. The molecule has 137 heavy (non-hydrogen) atoms. The van der Waals surface area contributed by atoms with E-state index in [1.807, 2.05) is 95.5 Å². The number of hydrogen-bond donors (Lipinski definition) is 18. The Kier molecular flexibility index (Phi) is 52.3. The second-order valence-corrected chi connectivity index (χ2v) is 28.7. The van der Waals surface area contributed by atoms with Crippen molar-refractivity contribution in [3.8, 4) is 34.5 Å². The quantitative estimate of drug-likeness (QED) is 0.00276. The smallest absolute Gasteiger partial charge is 0.421 e. The molecule has 0 saturated carbocycles. The third kappa shape index (κ3) is 42.6. The number of hydrogen-bond acceptors (Lipinski definition) is 46. The number of nitrogens with two attached hydrogens (primary N) is 5. The van der Waals surface area contributed by atoms with Crippen LogP contribution in [0, 0.1) is 51.3 Å². The number of hydrazone groups is 2. The predicted molar refractivity (Wildman–Crippen MR) is 501 cm³/mol. The normalized spacial score (nSPS) is 12.4. The molecule has 0 aliphatic heterocycles. The first kappa shape index (κ1) is 115. The Morgan fingerprint density at radius 1 is 0.489 bits per heavy atom. The molecular formula is C74H86CoN38O20S4. The van der Waals surface area contributed by atoms with E-state index >= 15 is 0 Å². The number of aliphatic hydroxyl groups is 2. The van der Waals surface area contributed by atoms with Crippen LogP contribution in [-0.2, 0) is 54.6 Å². The standard InChI is InChI=1S/C28H36N10.3C9H6N4O4S.2C7H7N3O2.C3H4N4O2S.2CH5N3.Co.2H2O/c1-35-19-20-36(2)27(35)33-31-25-13-9-23(10-14-25)29-17-7-5-6-8-18-30-24-11-15-26(16-12-24)32-34-28-37(3)21-22-38(28)4;3*14-5-1-2-6(7(15)3-5)11-12-9-10-4-8(18-9)13(16)17;2*8-4-9-10-6-2-1-5(11)3-7(6)12;4-6-3-5-1-2(10-3)7(8)9;2*2-1-4-3;;;/h9-16,19-22H,5-8,17-18H2,1-4H3;2*1-4H,(H2,10,12,14,15);1-4,14-15H;2*1-4,8,11-12H;1H,4H2,(H,5,6);2*1H,3H2,(H2,2,4);;2*1H2. The number of anilines is 3. The third-order valence-electron chi connectivity index (χ3n) is 15.2. The molecule has 2 aliphatic rings. The van der Waals surface area contributed by atoms with Crippen molar-refractivity contribution in [3.63, 3.8) is 0 Å². The second-order valence-electron chi connectivity index (χ2n) is 24.7. The summed E-state index contributed by atoms with van der Waals surface area (Å²) in [4.78, 5) is 75.6. The van der Waals surface area contributed by atoms with Crippen molar-refractivity contribution in [2.75, 3.05) is 29.1 Å². The van der Waals surface area contributed by atoms with Crippen LogP contribution in [0.25, 0.3) is 0 Å². The number of benzene rings is 5. The number of unbranched alkanes of at least 4 members (excludes halogenated alkanes) is 3. The zero-order chi connectivity index (χ0) is 98.4. The molecule has 0 spiro atoms. The van der Waals surface area contributed by atoms with Gasteiger partial charge in [-0.2, -0.15) is 10.2 Å². The number of aromatic nitrogens is 8. The summed E-state index contributed by atoms with van der Waals surface area (Å²) in [7, 11) is 7.83. The number of ketones is 2. The number of rotatable bonds is 26. The number of nitrogens with zero attached hydrogens (tertiary/aromatic N) is 28. The Morgan fingerprint density at radius 2 is 0.854 bits per heavy atom. The Hall–Kier alpha value is -18.1. The number of nitro groups is 4. The van der Waals surface area contributed by atoms with Crippen LogP contribution in [0.15, 0.2) is 282 Å². The zero-order valence-corrected chi connectivity index (χ0v) is 75.8. The minimum Gasteiger partial charge on any atom is -0.508 e. The Morgan fingerprint density at radius 3 is 1.15 bits per heavy atom. The fraction of sp³-hybridized carbons (Fsp3) is 0.135. The maximum absolute atomic E-state index is 10.9. The summed E-state index contributed by atoms with van der Waals surface area (Å²) < 4.78 is 7.76. The number of carbonyl (C=O) groups excluding carboxylic acids is 2. The van der Waals surface area contributed by atoms with Crippen molar-refractivity contribution in [2.45, 2.75) is 25.7 Å². The van der Waals surface area contributed by atoms with Gasteiger partial charge in [0.15, 0.2) is 11.6 Å². The van der Waals surface area contributed by atoms with E-state index in [0.717, 1.165) is 186 Å². The molecule has 0 atom stereocenters. The molecule has 6 aromatic heterocycles. The zero-order valence-electron chi connectivity index (χ0n) is 71.5. The molecular weight excluding hydrogens is 1930 g/mol. The molecule has 0 unspecified atom stereocenters. The first-order valence-corrected chi connectivity index (χ1v) is 40.4. The molecule has 58 nitrogen and oxygen atoms in total. The van der Waals surface area contributed by atoms with Crippen molar-refractivity contribution >= 4 is 176 Å². The van der Waals surface area contributed by atoms with Gasteiger partial charge < -0.3 is 106 Å². The number of thiazole rings is 4. The van der Waals surface area contributed by atoms with Crippen molar-refractivity contribution < 1.29 is 107 Å². The fourth-order valence-corrected chi connectivity index (χ4v) is 11.2. The van der Waals surface area contributed by atoms with Crippen LogP contribution < -0.4 is 73.8 Å². The molecule has 11 aromatic rings. The summed E-state index contributed by atoms with van der Waals surface area (Å²) in [6.07, 6.45) is 27.5. The van der Waals surface area contributed by atoms with Gasteiger partial charge in [-0.1, -0.05) is 45.7 Å². The Balaban J connectivity index is 0.000000556. The largest absolute Gasteiger partial charge is 0.508 e. The van der Waals surface area contributed by atoms with Gasteiger partial charge >= 0.3 is 31.9 Å². The summed E-state index contributed by atoms with van der Waals surface area (Å²) in [6, 6.07) is 27.8. The maximum atomic E-state index is 10.9. The molecule has 0 amide bonds. The van der Waals surface area contributed by atoms with E-state index < -0.39 is 19.7 Å². The first-order valence-electron chi connectivity index (χ1n) is 37.1. The predicted octanol–water partition coefficient (Wildman–Crippen LogP) is 9.66. The van der Waals surface area contributed by atoms with Crippen molar-refractivity contribution in [1.82, 2.24) is 29.1 Å². The molecule has 0 fully saturated rings. The van der Waals surface area contributed by atoms with Gasteiger partial charge in [0.2, 0.25) is 10.3 Å². The summed E-state index contributed by atoms with van der Waals surface area (Å²) in [5.74, 6) is 13.4. The molecule has 0 saturated heterocycles. The minimum atomic E-state index is -0.583. The van der Waals surface area contributed by atoms with Crippen molar-refractivity contribution in [2.24, 2.45) is 139 Å². The Bertz CT molecular complexity index is 6040. The molecule has 6 heterocycles. The summed E-state index contributed by atoms with van der Waals surface area (Å²) in [5.41, 5.74) is 16.1. The number of aryl methyl sites for hydroxylation is 4. The number of aromatic hydroxyl groups is 6. The number of carbonyl (C=O) groups is 2. The number of azo groups is 5. The summed E-state index contributed by atoms with van der Waals surface area (Å²) in [5, 5.41) is 193. The Labute approximate surface area is 797 Å². The molecule has 0 bridgehead atoms. The van der Waals surface area contributed by atoms with Gasteiger partial charge in [-0.25, -0.2) is 34.1 Å². The van der Waals surface area contributed by atoms with E-state index in [0.29, 0.717) is 5.13 Å². The molecule has 2 aliphatic carbocycles. The van der Waals surface area contributed by atoms with Gasteiger partial charge in [-0.15, -0.1) is 30.7 Å². The molecule has 13 rings (SSSR count). The third-order valence-corrected chi connectivity index (χ3v) is 18.6. The monoisotopic (exact) mass is 2010 g/mol. The molecule has 5 aromatic carbocycles. The van der Waals surface area contributed by atoms with Gasteiger partial charge in [0.25, 0.3) is 0 Å². The fourth-order valence-electron chi connectivity index (χ4n) is 9.03. The van der Waals surface area contributed by atoms with Crippen LogP contribution in [0.3, 0.4) is 0 Å². The number of phenols is 6. The molecule has 725 valence electrons. The van der Waals surface area contributed by atoms with Crippen molar-refractivity contribution in [1.29, 1.82) is 10.8 Å². The second kappa shape index (κ2) is 62.3. The average Bonchev–Trinajstić information content (AvgIpc) is 1.71. The van der Waals surface area contributed by atoms with Crippen molar-refractivity contribution in [3.05, 3.63) is 251 Å². The number of imidazole rings is 2. The van der Waals surface area contributed by atoms with Gasteiger partial charge in [0.05, 0.1) is 72.7 Å². The van der Waals surface area contributed by atoms with E-state index in [2.05, 4.69) is 165 Å². The van der Waals surface area contributed by atoms with E-state index in [1.165, 1.54) is 73.5 Å². The van der Waals surface area contributed by atoms with Crippen LogP contribution in [0.2, 0.25) is 0 Å². The SMILES string of the molecule is Cn1cc[n+](C)c1N=Nc1ccc(NCCCCCCNc2ccc(N=Nc3n(C)cc[n+]3C)cc2)cc1.N/C=N\N.N/C=N\N.N=CN=Nc1ccc(O)cc1O.N=CN=Nc1ccc(O)cc1O.NNc1ncc([N+](=O)[O-])s1.O.O.O=C1C=CC(=NN=c2[n-]cc([N+](=O)[O-])s2)C(O)=C1.O=C1C=CC(=NN=c2[n-]cc([N+](=O)[O-])s2)C(O)=C1.O=[N+]([O-])c1cnc(N=Nc2ccc(O)cc2O)s1.[Co]. The van der Waals surface area contributed by atoms with E-state index in [9.17, 15) is 65.4 Å². The van der Waals surface area contributed by atoms with Crippen LogP contribution in [-0.4, -0.2) is 152 Å². The number of hydrazine groups is 1. The summed E-state index contributed by atoms with van der Waals surface area (Å²) in [6.45, 7) is 1.93. The van der Waals surface area contributed by atoms with Gasteiger partial charge in [-0.05, 0) is 145 Å². The maximum Gasteiger partial charge on any atom is 0.421 e. The number of phenolic OH excluding ortho intramolecular Hbond substituents is 6.